The number of rotatable bonds is 1. The molecule has 0 aromatic carbocycles. The zero-order valence-electron chi connectivity index (χ0n) is 4.68. The largest absolute Gasteiger partial charge is 0.376 e. The molecule has 2 nitrogen and oxygen atoms in total. The number of nitrogens with one attached hydrogen (secondary N) is 1. The maximum atomic E-state index is 5.37. The molecule has 8 heavy (non-hydrogen) atoms. The second kappa shape index (κ2) is 2.42. The van der Waals surface area contributed by atoms with E-state index in [4.69, 9.17) is 18.0 Å². The molecule has 0 aromatic heterocycles. The highest BCUT2D eigenvalue weighted by Gasteiger charge is 2.14. The summed E-state index contributed by atoms with van der Waals surface area (Å²) in [4.78, 5) is 0.973. The van der Waals surface area contributed by atoms with E-state index in [1.807, 2.05) is 0 Å². The van der Waals surface area contributed by atoms with Crippen LogP contribution in [0.2, 0.25) is 0 Å². The minimum atomic E-state index is 0.461. The first kappa shape index (κ1) is 5.98. The molecule has 3 heteroatoms. The summed E-state index contributed by atoms with van der Waals surface area (Å²) in [6.07, 6.45) is 2.15. The molecule has 1 atom stereocenters. The Morgan fingerprint density at radius 3 is 2.88 bits per heavy atom. The molecule has 1 saturated heterocycles. The van der Waals surface area contributed by atoms with Crippen molar-refractivity contribution in [2.75, 3.05) is 6.54 Å². The van der Waals surface area contributed by atoms with E-state index in [0.29, 0.717) is 12.6 Å². The normalized spacial score (nSPS) is 28.1. The predicted molar refractivity (Wildman–Crippen MR) is 37.8 cm³/mol. The van der Waals surface area contributed by atoms with Gasteiger partial charge in [-0.25, -0.2) is 0 Å². The van der Waals surface area contributed by atoms with Gasteiger partial charge in [-0.05, 0) is 12.8 Å². The monoisotopic (exact) mass is 130 g/mol. The zero-order valence-corrected chi connectivity index (χ0v) is 5.50. The van der Waals surface area contributed by atoms with Crippen molar-refractivity contribution in [3.8, 4) is 0 Å². The Morgan fingerprint density at radius 2 is 2.62 bits per heavy atom. The standard InChI is InChI=1S/C5H10N2S/c6-3-4-1-2-5(8)7-4/h4H,1-3,6H2,(H,7,8)/t4-/m1/s1. The molecule has 1 aliphatic rings. The van der Waals surface area contributed by atoms with E-state index in [1.54, 1.807) is 0 Å². The van der Waals surface area contributed by atoms with Crippen LogP contribution >= 0.6 is 12.2 Å². The Morgan fingerprint density at radius 1 is 1.88 bits per heavy atom. The highest BCUT2D eigenvalue weighted by atomic mass is 32.1. The fraction of sp³-hybridized carbons (Fsp3) is 0.800. The maximum absolute atomic E-state index is 5.37. The lowest BCUT2D eigenvalue weighted by Crippen LogP contribution is -2.31. The Hall–Kier alpha value is -0.150. The van der Waals surface area contributed by atoms with Crippen molar-refractivity contribution in [1.29, 1.82) is 0 Å². The van der Waals surface area contributed by atoms with E-state index < -0.39 is 0 Å². The van der Waals surface area contributed by atoms with Crippen LogP contribution in [0.25, 0.3) is 0 Å². The predicted octanol–water partition coefficient (Wildman–Crippen LogP) is 0.0245. The van der Waals surface area contributed by atoms with E-state index >= 15 is 0 Å². The van der Waals surface area contributed by atoms with Gasteiger partial charge in [-0.15, -0.1) is 0 Å². The zero-order chi connectivity index (χ0) is 5.98. The van der Waals surface area contributed by atoms with Crippen molar-refractivity contribution in [3.05, 3.63) is 0 Å². The van der Waals surface area contributed by atoms with Gasteiger partial charge >= 0.3 is 0 Å². The molecule has 46 valence electrons. The molecular formula is C5H10N2S. The number of thiocarbonyl (C=S) groups is 1. The Labute approximate surface area is 54.4 Å². The molecule has 1 rings (SSSR count). The van der Waals surface area contributed by atoms with Crippen LogP contribution in [0.1, 0.15) is 12.8 Å². The lowest BCUT2D eigenvalue weighted by atomic mass is 10.2. The smallest absolute Gasteiger partial charge is 0.0756 e. The van der Waals surface area contributed by atoms with E-state index in [-0.39, 0.29) is 0 Å². The van der Waals surface area contributed by atoms with Gasteiger partial charge in [0.2, 0.25) is 0 Å². The van der Waals surface area contributed by atoms with Crippen molar-refractivity contribution >= 4 is 17.2 Å². The average Bonchev–Trinajstić information content (AvgIpc) is 2.14. The molecule has 0 saturated carbocycles. The minimum absolute atomic E-state index is 0.461. The third kappa shape index (κ3) is 1.17. The first-order valence-electron chi connectivity index (χ1n) is 2.82. The van der Waals surface area contributed by atoms with Gasteiger partial charge in [0.05, 0.1) is 4.99 Å². The SMILES string of the molecule is NC[C@H]1CCC(=S)N1. The van der Waals surface area contributed by atoms with E-state index in [9.17, 15) is 0 Å². The molecule has 1 fully saturated rings. The quantitative estimate of drug-likeness (QED) is 0.492. The van der Waals surface area contributed by atoms with Gasteiger partial charge in [0.15, 0.2) is 0 Å². The third-order valence-electron chi connectivity index (χ3n) is 1.37. The van der Waals surface area contributed by atoms with Crippen LogP contribution in [0.3, 0.4) is 0 Å². The Kier molecular flexibility index (Phi) is 1.81. The van der Waals surface area contributed by atoms with Crippen molar-refractivity contribution < 1.29 is 0 Å². The highest BCUT2D eigenvalue weighted by molar-refractivity contribution is 7.80. The van der Waals surface area contributed by atoms with Crippen LogP contribution in [0.5, 0.6) is 0 Å². The fourth-order valence-electron chi connectivity index (χ4n) is 0.854. The molecule has 1 aliphatic heterocycles. The van der Waals surface area contributed by atoms with Crippen LogP contribution in [0.15, 0.2) is 0 Å². The van der Waals surface area contributed by atoms with Gasteiger partial charge < -0.3 is 11.1 Å². The molecule has 3 N–H and O–H groups in total. The number of nitrogens with two attached hydrogens (primary N) is 1. The summed E-state index contributed by atoms with van der Waals surface area (Å²) < 4.78 is 0. The van der Waals surface area contributed by atoms with Crippen molar-refractivity contribution in [1.82, 2.24) is 5.32 Å². The summed E-state index contributed by atoms with van der Waals surface area (Å²) in [5.41, 5.74) is 5.37. The molecular weight excluding hydrogens is 120 g/mol. The summed E-state index contributed by atoms with van der Waals surface area (Å²) in [6, 6.07) is 0.461. The number of hydrogen-bond acceptors (Lipinski definition) is 2. The average molecular weight is 130 g/mol. The van der Waals surface area contributed by atoms with Crippen LogP contribution in [-0.4, -0.2) is 17.6 Å². The van der Waals surface area contributed by atoms with Gasteiger partial charge in [0.1, 0.15) is 0 Å². The molecule has 1 heterocycles. The van der Waals surface area contributed by atoms with Gasteiger partial charge in [-0.3, -0.25) is 0 Å². The molecule has 0 aromatic rings. The van der Waals surface area contributed by atoms with Crippen molar-refractivity contribution in [2.45, 2.75) is 18.9 Å². The van der Waals surface area contributed by atoms with Gasteiger partial charge in [-0.1, -0.05) is 12.2 Å². The summed E-state index contributed by atoms with van der Waals surface area (Å²) >= 11 is 4.90. The van der Waals surface area contributed by atoms with E-state index in [0.717, 1.165) is 17.8 Å². The molecule has 0 spiro atoms. The summed E-state index contributed by atoms with van der Waals surface area (Å²) in [5.74, 6) is 0. The topological polar surface area (TPSA) is 38.0 Å². The second-order valence-electron chi connectivity index (χ2n) is 2.04. The fourth-order valence-corrected chi connectivity index (χ4v) is 1.14. The lowest BCUT2D eigenvalue weighted by Gasteiger charge is -2.03. The molecule has 0 aliphatic carbocycles. The maximum Gasteiger partial charge on any atom is 0.0756 e. The minimum Gasteiger partial charge on any atom is -0.376 e. The first-order valence-corrected chi connectivity index (χ1v) is 3.23. The Bertz CT molecular complexity index is 103. The molecule has 0 bridgehead atoms. The summed E-state index contributed by atoms with van der Waals surface area (Å²) in [5, 5.41) is 3.11. The van der Waals surface area contributed by atoms with Crippen LogP contribution in [0, 0.1) is 0 Å². The molecule has 0 unspecified atom stereocenters. The Balaban J connectivity index is 2.32. The van der Waals surface area contributed by atoms with Crippen LogP contribution in [-0.2, 0) is 0 Å². The van der Waals surface area contributed by atoms with Crippen LogP contribution in [0.4, 0.5) is 0 Å². The lowest BCUT2D eigenvalue weighted by molar-refractivity contribution is 0.639. The molecule has 0 amide bonds. The van der Waals surface area contributed by atoms with Crippen molar-refractivity contribution in [2.24, 2.45) is 5.73 Å². The van der Waals surface area contributed by atoms with Gasteiger partial charge in [0, 0.05) is 12.6 Å². The van der Waals surface area contributed by atoms with Crippen LogP contribution < -0.4 is 11.1 Å². The van der Waals surface area contributed by atoms with E-state index in [1.165, 1.54) is 0 Å². The van der Waals surface area contributed by atoms with Gasteiger partial charge in [-0.2, -0.15) is 0 Å². The second-order valence-corrected chi connectivity index (χ2v) is 2.53. The third-order valence-corrected chi connectivity index (χ3v) is 1.69. The number of hydrogen-bond donors (Lipinski definition) is 2. The first-order chi connectivity index (χ1) is 3.83. The highest BCUT2D eigenvalue weighted by Crippen LogP contribution is 2.05. The summed E-state index contributed by atoms with van der Waals surface area (Å²) in [6.45, 7) is 0.708. The van der Waals surface area contributed by atoms with Crippen molar-refractivity contribution in [3.63, 3.8) is 0 Å². The molecule has 0 radical (unpaired) electrons. The van der Waals surface area contributed by atoms with Gasteiger partial charge in [0.25, 0.3) is 0 Å². The summed E-state index contributed by atoms with van der Waals surface area (Å²) in [7, 11) is 0. The van der Waals surface area contributed by atoms with E-state index in [2.05, 4.69) is 5.32 Å².